The lowest BCUT2D eigenvalue weighted by Gasteiger charge is -2.21. The molecule has 0 atom stereocenters. The van der Waals surface area contributed by atoms with Gasteiger partial charge in [-0.25, -0.2) is 4.68 Å². The fourth-order valence-corrected chi connectivity index (χ4v) is 3.64. The molecule has 1 aliphatic rings. The summed E-state index contributed by atoms with van der Waals surface area (Å²) in [6.07, 6.45) is 3.15. The number of ether oxygens (including phenoxy) is 1. The Balaban J connectivity index is 1.59. The zero-order chi connectivity index (χ0) is 20.1. The van der Waals surface area contributed by atoms with Crippen molar-refractivity contribution in [3.63, 3.8) is 0 Å². The zero-order valence-electron chi connectivity index (χ0n) is 16.2. The van der Waals surface area contributed by atoms with E-state index in [1.54, 1.807) is 4.68 Å². The highest BCUT2D eigenvalue weighted by atomic mass is 16.5. The summed E-state index contributed by atoms with van der Waals surface area (Å²) >= 11 is 0. The van der Waals surface area contributed by atoms with E-state index in [-0.39, 0.29) is 13.0 Å². The van der Waals surface area contributed by atoms with Gasteiger partial charge in [-0.1, -0.05) is 18.2 Å². The lowest BCUT2D eigenvalue weighted by Crippen LogP contribution is -2.46. The zero-order valence-corrected chi connectivity index (χ0v) is 16.2. The minimum atomic E-state index is -0.812. The number of esters is 1. The predicted octanol–water partition coefficient (Wildman–Crippen LogP) is 2.53. The quantitative estimate of drug-likeness (QED) is 0.777. The Morgan fingerprint density at radius 1 is 1.25 bits per heavy atom. The van der Waals surface area contributed by atoms with Crippen LogP contribution in [-0.2, 0) is 20.7 Å². The van der Waals surface area contributed by atoms with Crippen LogP contribution in [-0.4, -0.2) is 33.8 Å². The summed E-state index contributed by atoms with van der Waals surface area (Å²) in [6.45, 7) is 3.37. The molecule has 0 unspecified atom stereocenters. The van der Waals surface area contributed by atoms with Crippen molar-refractivity contribution in [1.82, 2.24) is 15.1 Å². The number of carbonyl (C=O) groups is 2. The molecule has 0 aliphatic heterocycles. The molecule has 0 radical (unpaired) electrons. The molecule has 0 spiro atoms. The summed E-state index contributed by atoms with van der Waals surface area (Å²) in [7, 11) is 0. The Bertz CT molecular complexity index is 906. The third kappa shape index (κ3) is 4.22. The Morgan fingerprint density at radius 2 is 1.93 bits per heavy atom. The standard InChI is InChI=1S/C21H24N4O3/c1-15-18(16(2)25(24-15)17-8-4-3-5-9-17)12-20(27)28-13-19(26)23-21(14-22)10-6-7-11-21/h3-5,8-9H,6-7,10-13H2,1-2H3,(H,23,26). The smallest absolute Gasteiger partial charge is 0.310 e. The van der Waals surface area contributed by atoms with E-state index in [4.69, 9.17) is 4.74 Å². The number of hydrogen-bond acceptors (Lipinski definition) is 5. The second kappa shape index (κ2) is 8.26. The van der Waals surface area contributed by atoms with Crippen LogP contribution >= 0.6 is 0 Å². The molecule has 7 heteroatoms. The predicted molar refractivity (Wildman–Crippen MR) is 103 cm³/mol. The lowest BCUT2D eigenvalue weighted by atomic mass is 10.00. The van der Waals surface area contributed by atoms with E-state index < -0.39 is 17.4 Å². The van der Waals surface area contributed by atoms with Crippen molar-refractivity contribution in [3.8, 4) is 11.8 Å². The second-order valence-electron chi connectivity index (χ2n) is 7.18. The van der Waals surface area contributed by atoms with E-state index in [1.807, 2.05) is 44.2 Å². The molecule has 3 rings (SSSR count). The number of nitriles is 1. The summed E-state index contributed by atoms with van der Waals surface area (Å²) in [5, 5.41) is 16.5. The van der Waals surface area contributed by atoms with Crippen LogP contribution in [0.25, 0.3) is 5.69 Å². The van der Waals surface area contributed by atoms with Crippen LogP contribution in [0.3, 0.4) is 0 Å². The first-order chi connectivity index (χ1) is 13.4. The Labute approximate surface area is 164 Å². The maximum atomic E-state index is 12.2. The third-order valence-corrected chi connectivity index (χ3v) is 5.18. The molecule has 0 saturated heterocycles. The van der Waals surface area contributed by atoms with Crippen LogP contribution in [0.4, 0.5) is 0 Å². The number of hydrogen-bond donors (Lipinski definition) is 1. The van der Waals surface area contributed by atoms with Crippen LogP contribution in [0, 0.1) is 25.2 Å². The van der Waals surface area contributed by atoms with Gasteiger partial charge in [0.05, 0.1) is 23.9 Å². The van der Waals surface area contributed by atoms with Crippen molar-refractivity contribution < 1.29 is 14.3 Å². The molecule has 1 aromatic heterocycles. The largest absolute Gasteiger partial charge is 0.455 e. The number of amides is 1. The van der Waals surface area contributed by atoms with Crippen molar-refractivity contribution in [2.75, 3.05) is 6.61 Å². The van der Waals surface area contributed by atoms with Crippen molar-refractivity contribution in [3.05, 3.63) is 47.3 Å². The first-order valence-electron chi connectivity index (χ1n) is 9.42. The molecule has 146 valence electrons. The first-order valence-corrected chi connectivity index (χ1v) is 9.42. The van der Waals surface area contributed by atoms with Gasteiger partial charge < -0.3 is 10.1 Å². The van der Waals surface area contributed by atoms with Gasteiger partial charge >= 0.3 is 5.97 Å². The molecule has 1 N–H and O–H groups in total. The van der Waals surface area contributed by atoms with E-state index in [9.17, 15) is 14.9 Å². The minimum Gasteiger partial charge on any atom is -0.455 e. The molecule has 7 nitrogen and oxygen atoms in total. The van der Waals surface area contributed by atoms with Gasteiger partial charge in [-0.15, -0.1) is 0 Å². The summed E-state index contributed by atoms with van der Waals surface area (Å²) < 4.78 is 6.93. The minimum absolute atomic E-state index is 0.0428. The van der Waals surface area contributed by atoms with Crippen molar-refractivity contribution >= 4 is 11.9 Å². The summed E-state index contributed by atoms with van der Waals surface area (Å²) in [5.41, 5.74) is 2.50. The number of nitrogens with zero attached hydrogens (tertiary/aromatic N) is 3. The number of benzene rings is 1. The molecule has 2 aromatic rings. The van der Waals surface area contributed by atoms with Crippen LogP contribution in [0.5, 0.6) is 0 Å². The molecular weight excluding hydrogens is 356 g/mol. The highest BCUT2D eigenvalue weighted by Gasteiger charge is 2.35. The Morgan fingerprint density at radius 3 is 2.57 bits per heavy atom. The molecule has 0 bridgehead atoms. The molecular formula is C21H24N4O3. The fourth-order valence-electron chi connectivity index (χ4n) is 3.64. The second-order valence-corrected chi connectivity index (χ2v) is 7.18. The number of rotatable bonds is 6. The monoisotopic (exact) mass is 380 g/mol. The SMILES string of the molecule is Cc1nn(-c2ccccc2)c(C)c1CC(=O)OCC(=O)NC1(C#N)CCCC1. The fraction of sp³-hybridized carbons (Fsp3) is 0.429. The van der Waals surface area contributed by atoms with Crippen molar-refractivity contribution in [2.24, 2.45) is 0 Å². The van der Waals surface area contributed by atoms with Crippen LogP contribution in [0.15, 0.2) is 30.3 Å². The average molecular weight is 380 g/mol. The molecule has 1 fully saturated rings. The number of carbonyl (C=O) groups excluding carboxylic acids is 2. The normalized spacial score (nSPS) is 15.0. The van der Waals surface area contributed by atoms with E-state index in [0.717, 1.165) is 35.5 Å². The van der Waals surface area contributed by atoms with Gasteiger partial charge in [-0.05, 0) is 51.7 Å². The van der Waals surface area contributed by atoms with Gasteiger partial charge in [-0.2, -0.15) is 10.4 Å². The van der Waals surface area contributed by atoms with Gasteiger partial charge in [-0.3, -0.25) is 9.59 Å². The van der Waals surface area contributed by atoms with Crippen molar-refractivity contribution in [1.29, 1.82) is 5.26 Å². The highest BCUT2D eigenvalue weighted by molar-refractivity contribution is 5.82. The van der Waals surface area contributed by atoms with Gasteiger partial charge in [0, 0.05) is 11.3 Å². The number of aromatic nitrogens is 2. The molecule has 28 heavy (non-hydrogen) atoms. The van der Waals surface area contributed by atoms with Crippen LogP contribution < -0.4 is 5.32 Å². The third-order valence-electron chi connectivity index (χ3n) is 5.18. The molecule has 1 amide bonds. The Hall–Kier alpha value is -3.14. The van der Waals surface area contributed by atoms with Crippen LogP contribution in [0.1, 0.15) is 42.6 Å². The summed E-state index contributed by atoms with van der Waals surface area (Å²) in [4.78, 5) is 24.3. The maximum absolute atomic E-state index is 12.2. The van der Waals surface area contributed by atoms with E-state index in [2.05, 4.69) is 16.5 Å². The van der Waals surface area contributed by atoms with Gasteiger partial charge in [0.1, 0.15) is 5.54 Å². The maximum Gasteiger partial charge on any atom is 0.310 e. The lowest BCUT2D eigenvalue weighted by molar-refractivity contribution is -0.148. The highest BCUT2D eigenvalue weighted by Crippen LogP contribution is 2.28. The van der Waals surface area contributed by atoms with Crippen LogP contribution in [0.2, 0.25) is 0 Å². The average Bonchev–Trinajstić information content (AvgIpc) is 3.27. The number of nitrogens with one attached hydrogen (secondary N) is 1. The summed E-state index contributed by atoms with van der Waals surface area (Å²) in [5.74, 6) is -0.934. The Kier molecular flexibility index (Phi) is 5.78. The molecule has 1 heterocycles. The van der Waals surface area contributed by atoms with E-state index in [1.165, 1.54) is 0 Å². The number of aryl methyl sites for hydroxylation is 1. The van der Waals surface area contributed by atoms with Crippen molar-refractivity contribution in [2.45, 2.75) is 51.5 Å². The molecule has 1 saturated carbocycles. The molecule has 1 aromatic carbocycles. The van der Waals surface area contributed by atoms with E-state index in [0.29, 0.717) is 12.8 Å². The molecule has 1 aliphatic carbocycles. The van der Waals surface area contributed by atoms with E-state index >= 15 is 0 Å². The number of para-hydroxylation sites is 1. The van der Waals surface area contributed by atoms with Gasteiger partial charge in [0.2, 0.25) is 0 Å². The summed E-state index contributed by atoms with van der Waals surface area (Å²) in [6, 6.07) is 11.9. The topological polar surface area (TPSA) is 97.0 Å². The van der Waals surface area contributed by atoms with Gasteiger partial charge in [0.15, 0.2) is 6.61 Å². The van der Waals surface area contributed by atoms with Gasteiger partial charge in [0.25, 0.3) is 5.91 Å². The first kappa shape index (κ1) is 19.6.